The van der Waals surface area contributed by atoms with E-state index >= 15 is 0 Å². The van der Waals surface area contributed by atoms with Crippen molar-refractivity contribution in [3.05, 3.63) is 51.6 Å². The van der Waals surface area contributed by atoms with Crippen LogP contribution >= 0.6 is 35.0 Å². The van der Waals surface area contributed by atoms with Crippen LogP contribution in [0.2, 0.25) is 0 Å². The van der Waals surface area contributed by atoms with Gasteiger partial charge in [0.2, 0.25) is 5.91 Å². The predicted molar refractivity (Wildman–Crippen MR) is 141 cm³/mol. The Kier molecular flexibility index (Phi) is 10.6. The number of anilines is 1. The van der Waals surface area contributed by atoms with E-state index in [1.807, 2.05) is 48.2 Å². The van der Waals surface area contributed by atoms with Crippen molar-refractivity contribution in [2.75, 3.05) is 32.2 Å². The summed E-state index contributed by atoms with van der Waals surface area (Å²) < 4.78 is 12.2. The average Bonchev–Trinajstić information content (AvgIpc) is 2.81. The molecule has 1 saturated heterocycles. The molecule has 2 aromatic rings. The van der Waals surface area contributed by atoms with Crippen molar-refractivity contribution in [2.24, 2.45) is 0 Å². The Hall–Kier alpha value is -1.51. The molecule has 1 amide bonds. The van der Waals surface area contributed by atoms with Crippen LogP contribution in [-0.2, 0) is 11.2 Å². The number of carbonyl (C=O) groups excluding carboxylic acids is 1. The highest BCUT2D eigenvalue weighted by molar-refractivity contribution is 14.1. The van der Waals surface area contributed by atoms with Crippen LogP contribution in [-0.4, -0.2) is 50.2 Å². The zero-order valence-corrected chi connectivity index (χ0v) is 22.3. The van der Waals surface area contributed by atoms with Gasteiger partial charge in [0, 0.05) is 37.3 Å². The van der Waals surface area contributed by atoms with Gasteiger partial charge >= 0.3 is 0 Å². The lowest BCUT2D eigenvalue weighted by atomic mass is 9.98. The number of benzene rings is 2. The molecule has 7 heteroatoms. The average molecular weight is 573 g/mol. The van der Waals surface area contributed by atoms with Gasteiger partial charge < -0.3 is 19.3 Å². The second-order valence-electron chi connectivity index (χ2n) is 8.07. The van der Waals surface area contributed by atoms with Crippen molar-refractivity contribution >= 4 is 46.6 Å². The number of nitrogens with zero attached hydrogens (tertiary/aromatic N) is 2. The Morgan fingerprint density at radius 1 is 1.12 bits per heavy atom. The SMILES string of the molecule is CCC(=O)N(c1ccccc1)C1CCN(C(C)Cc2cc(OC)c(I)cc2OC)CC1.Cl. The maximum atomic E-state index is 12.7. The number of methoxy groups -OCH3 is 2. The van der Waals surface area contributed by atoms with Crippen LogP contribution < -0.4 is 14.4 Å². The third-order valence-electron chi connectivity index (χ3n) is 6.16. The molecule has 0 radical (unpaired) electrons. The van der Waals surface area contributed by atoms with Crippen LogP contribution in [0.1, 0.15) is 38.7 Å². The first-order valence-electron chi connectivity index (χ1n) is 11.0. The normalized spacial score (nSPS) is 15.5. The van der Waals surface area contributed by atoms with Crippen LogP contribution in [0.15, 0.2) is 42.5 Å². The Morgan fingerprint density at radius 3 is 2.31 bits per heavy atom. The number of amides is 1. The van der Waals surface area contributed by atoms with Crippen LogP contribution in [0.4, 0.5) is 5.69 Å². The van der Waals surface area contributed by atoms with E-state index in [0.29, 0.717) is 12.5 Å². The lowest BCUT2D eigenvalue weighted by Crippen LogP contribution is -2.49. The minimum absolute atomic E-state index is 0. The molecule has 3 rings (SSSR count). The minimum atomic E-state index is 0. The molecule has 0 bridgehead atoms. The van der Waals surface area contributed by atoms with Gasteiger partial charge in [-0.2, -0.15) is 0 Å². The van der Waals surface area contributed by atoms with Gasteiger partial charge in [0.25, 0.3) is 0 Å². The molecule has 0 aromatic heterocycles. The molecule has 1 heterocycles. The van der Waals surface area contributed by atoms with Crippen molar-refractivity contribution in [3.8, 4) is 11.5 Å². The molecule has 0 N–H and O–H groups in total. The highest BCUT2D eigenvalue weighted by Gasteiger charge is 2.30. The monoisotopic (exact) mass is 572 g/mol. The van der Waals surface area contributed by atoms with Gasteiger partial charge in [-0.15, -0.1) is 12.4 Å². The second-order valence-corrected chi connectivity index (χ2v) is 9.23. The van der Waals surface area contributed by atoms with Crippen molar-refractivity contribution in [1.29, 1.82) is 0 Å². The number of piperidine rings is 1. The smallest absolute Gasteiger partial charge is 0.226 e. The minimum Gasteiger partial charge on any atom is -0.496 e. The van der Waals surface area contributed by atoms with E-state index in [9.17, 15) is 4.79 Å². The second kappa shape index (κ2) is 12.7. The molecule has 1 fully saturated rings. The van der Waals surface area contributed by atoms with Crippen LogP contribution in [0.5, 0.6) is 11.5 Å². The quantitative estimate of drug-likeness (QED) is 0.388. The van der Waals surface area contributed by atoms with Gasteiger partial charge in [-0.25, -0.2) is 0 Å². The summed E-state index contributed by atoms with van der Waals surface area (Å²) in [6.45, 7) is 6.18. The summed E-state index contributed by atoms with van der Waals surface area (Å²) in [6.07, 6.45) is 3.40. The van der Waals surface area contributed by atoms with Crippen molar-refractivity contribution < 1.29 is 14.3 Å². The standard InChI is InChI=1S/C25H33IN2O3.ClH/c1-5-25(29)28(20-9-7-6-8-10-20)21-11-13-27(14-12-21)18(2)15-19-16-24(31-4)22(26)17-23(19)30-3;/h6-10,16-18,21H,5,11-15H2,1-4H3;1H. The van der Waals surface area contributed by atoms with E-state index in [0.717, 1.165) is 53.1 Å². The third-order valence-corrected chi connectivity index (χ3v) is 7.01. The van der Waals surface area contributed by atoms with E-state index in [2.05, 4.69) is 40.5 Å². The summed E-state index contributed by atoms with van der Waals surface area (Å²) in [7, 11) is 3.43. The van der Waals surface area contributed by atoms with Gasteiger partial charge in [0.15, 0.2) is 0 Å². The first-order chi connectivity index (χ1) is 15.0. The molecule has 1 aliphatic heterocycles. The summed E-state index contributed by atoms with van der Waals surface area (Å²) >= 11 is 2.28. The lowest BCUT2D eigenvalue weighted by molar-refractivity contribution is -0.119. The summed E-state index contributed by atoms with van der Waals surface area (Å²) in [4.78, 5) is 17.3. The Bertz CT molecular complexity index is 873. The topological polar surface area (TPSA) is 42.0 Å². The fourth-order valence-electron chi connectivity index (χ4n) is 4.43. The molecule has 0 spiro atoms. The zero-order chi connectivity index (χ0) is 22.4. The van der Waals surface area contributed by atoms with E-state index in [1.165, 1.54) is 5.56 Å². The largest absolute Gasteiger partial charge is 0.496 e. The Morgan fingerprint density at radius 2 is 1.75 bits per heavy atom. The van der Waals surface area contributed by atoms with Gasteiger partial charge in [-0.1, -0.05) is 25.1 Å². The highest BCUT2D eigenvalue weighted by Crippen LogP contribution is 2.32. The Balaban J connectivity index is 0.00000363. The van der Waals surface area contributed by atoms with E-state index in [4.69, 9.17) is 9.47 Å². The van der Waals surface area contributed by atoms with Gasteiger partial charge in [-0.3, -0.25) is 4.79 Å². The van der Waals surface area contributed by atoms with Gasteiger partial charge in [0.05, 0.1) is 17.8 Å². The summed E-state index contributed by atoms with van der Waals surface area (Å²) in [6, 6.07) is 14.9. The Labute approximate surface area is 212 Å². The van der Waals surface area contributed by atoms with E-state index in [1.54, 1.807) is 14.2 Å². The highest BCUT2D eigenvalue weighted by atomic mass is 127. The molecule has 2 aromatic carbocycles. The molecule has 32 heavy (non-hydrogen) atoms. The van der Waals surface area contributed by atoms with Crippen molar-refractivity contribution in [2.45, 2.75) is 51.6 Å². The fraction of sp³-hybridized carbons (Fsp3) is 0.480. The first kappa shape index (κ1) is 26.7. The van der Waals surface area contributed by atoms with Crippen molar-refractivity contribution in [3.63, 3.8) is 0 Å². The fourth-order valence-corrected chi connectivity index (χ4v) is 5.09. The van der Waals surface area contributed by atoms with E-state index in [-0.39, 0.29) is 24.4 Å². The number of likely N-dealkylation sites (tertiary alicyclic amines) is 1. The molecule has 176 valence electrons. The predicted octanol–water partition coefficient (Wildman–Crippen LogP) is 5.57. The maximum absolute atomic E-state index is 12.7. The molecule has 1 aliphatic rings. The number of hydrogen-bond donors (Lipinski definition) is 0. The maximum Gasteiger partial charge on any atom is 0.226 e. The number of hydrogen-bond acceptors (Lipinski definition) is 4. The van der Waals surface area contributed by atoms with Crippen LogP contribution in [0, 0.1) is 3.57 Å². The summed E-state index contributed by atoms with van der Waals surface area (Å²) in [5.74, 6) is 2.00. The number of rotatable bonds is 8. The molecule has 0 aliphatic carbocycles. The molecule has 5 nitrogen and oxygen atoms in total. The molecule has 0 saturated carbocycles. The van der Waals surface area contributed by atoms with Gasteiger partial charge in [0.1, 0.15) is 11.5 Å². The van der Waals surface area contributed by atoms with Crippen molar-refractivity contribution in [1.82, 2.24) is 4.90 Å². The first-order valence-corrected chi connectivity index (χ1v) is 12.1. The van der Waals surface area contributed by atoms with Crippen LogP contribution in [0.25, 0.3) is 0 Å². The number of para-hydroxylation sites is 1. The number of ether oxygens (including phenoxy) is 2. The molecular formula is C25H34ClIN2O3. The van der Waals surface area contributed by atoms with Gasteiger partial charge in [-0.05, 0) is 78.6 Å². The summed E-state index contributed by atoms with van der Waals surface area (Å²) in [5, 5.41) is 0. The number of halogens is 2. The summed E-state index contributed by atoms with van der Waals surface area (Å²) in [5.41, 5.74) is 2.18. The number of carbonyl (C=O) groups is 1. The molecule has 1 atom stereocenters. The molecular weight excluding hydrogens is 539 g/mol. The third kappa shape index (κ3) is 6.29. The molecule has 1 unspecified atom stereocenters. The van der Waals surface area contributed by atoms with E-state index < -0.39 is 0 Å². The van der Waals surface area contributed by atoms with Crippen LogP contribution in [0.3, 0.4) is 0 Å². The zero-order valence-electron chi connectivity index (χ0n) is 19.3. The lowest BCUT2D eigenvalue weighted by Gasteiger charge is -2.41.